The second-order valence-corrected chi connectivity index (χ2v) is 7.60. The molecule has 4 atom stereocenters. The fourth-order valence-electron chi connectivity index (χ4n) is 5.70. The van der Waals surface area contributed by atoms with E-state index >= 15 is 0 Å². The number of rotatable bonds is 5. The summed E-state index contributed by atoms with van der Waals surface area (Å²) in [6.07, 6.45) is 5.64. The van der Waals surface area contributed by atoms with Crippen LogP contribution < -0.4 is 0 Å². The minimum atomic E-state index is -1.49. The van der Waals surface area contributed by atoms with Gasteiger partial charge in [0.1, 0.15) is 11.2 Å². The number of carbonyl (C=O) groups is 2. The molecule has 4 aliphatic heterocycles. The minimum Gasteiger partial charge on any atom is -0.479 e. The lowest BCUT2D eigenvalue weighted by Gasteiger charge is -2.56. The Morgan fingerprint density at radius 1 is 0.760 bits per heavy atom. The molecule has 0 bridgehead atoms. The molecule has 7 heteroatoms. The molecule has 0 aromatic carbocycles. The Hall–Kier alpha value is -1.02. The third kappa shape index (κ3) is 2.01. The number of ether oxygens (including phenoxy) is 4. The van der Waals surface area contributed by atoms with E-state index in [1.165, 1.54) is 0 Å². The number of carboxylic acid groups (broad SMARTS) is 1. The van der Waals surface area contributed by atoms with Crippen LogP contribution in [0, 0.1) is 0 Å². The summed E-state index contributed by atoms with van der Waals surface area (Å²) in [5.74, 6) is -1.03. The lowest BCUT2D eigenvalue weighted by molar-refractivity contribution is -0.294. The number of hydrogen-bond donors (Lipinski definition) is 1. The van der Waals surface area contributed by atoms with Gasteiger partial charge in [0.25, 0.3) is 0 Å². The highest BCUT2D eigenvalue weighted by atomic mass is 16.6. The lowest BCUT2D eigenvalue weighted by atomic mass is 9.60. The van der Waals surface area contributed by atoms with Crippen molar-refractivity contribution in [1.29, 1.82) is 0 Å². The van der Waals surface area contributed by atoms with Crippen molar-refractivity contribution >= 4 is 12.3 Å². The van der Waals surface area contributed by atoms with Gasteiger partial charge in [0, 0.05) is 26.4 Å². The quantitative estimate of drug-likeness (QED) is 0.748. The van der Waals surface area contributed by atoms with Gasteiger partial charge in [-0.15, -0.1) is 0 Å². The molecule has 0 aromatic rings. The molecule has 140 valence electrons. The molecule has 0 aromatic heterocycles. The molecule has 0 saturated carbocycles. The number of hydrogen-bond acceptors (Lipinski definition) is 6. The Morgan fingerprint density at radius 3 is 1.76 bits per heavy atom. The van der Waals surface area contributed by atoms with Crippen molar-refractivity contribution in [1.82, 2.24) is 0 Å². The van der Waals surface area contributed by atoms with E-state index in [0.29, 0.717) is 58.5 Å². The zero-order valence-electron chi connectivity index (χ0n) is 14.5. The van der Waals surface area contributed by atoms with Gasteiger partial charge in [-0.2, -0.15) is 0 Å². The van der Waals surface area contributed by atoms with Crippen LogP contribution in [0.5, 0.6) is 0 Å². The molecular weight excluding hydrogens is 328 g/mol. The maximum absolute atomic E-state index is 12.4. The van der Waals surface area contributed by atoms with Crippen LogP contribution in [0.15, 0.2) is 0 Å². The van der Waals surface area contributed by atoms with E-state index in [9.17, 15) is 14.7 Å². The summed E-state index contributed by atoms with van der Waals surface area (Å²) in [6, 6.07) is 0. The van der Waals surface area contributed by atoms with E-state index in [1.54, 1.807) is 0 Å². The zero-order chi connectivity index (χ0) is 17.6. The second kappa shape index (κ2) is 6.01. The molecule has 4 saturated heterocycles. The first-order chi connectivity index (χ1) is 12.1. The molecule has 0 spiro atoms. The highest BCUT2D eigenvalue weighted by molar-refractivity contribution is 5.81. The standard InChI is InChI=1S/C18H26O7/c19-13-15(5-1-9-22-15)17(7-3-11-24-17)18(8-4-12-25-18)16(14(20)21)6-2-10-23-16/h13H,1-12H2,(H,20,21)/t15-,16+,17+,18-/m1/s1. The Labute approximate surface area is 146 Å². The molecule has 4 aliphatic rings. The monoisotopic (exact) mass is 354 g/mol. The van der Waals surface area contributed by atoms with Crippen molar-refractivity contribution in [2.45, 2.75) is 73.8 Å². The average Bonchev–Trinajstić information content (AvgIpc) is 3.42. The highest BCUT2D eigenvalue weighted by Gasteiger charge is 2.78. The van der Waals surface area contributed by atoms with Crippen LogP contribution in [0.3, 0.4) is 0 Å². The fraction of sp³-hybridized carbons (Fsp3) is 0.889. The van der Waals surface area contributed by atoms with Gasteiger partial charge in [0.2, 0.25) is 0 Å². The molecule has 0 amide bonds. The summed E-state index contributed by atoms with van der Waals surface area (Å²) in [4.78, 5) is 24.7. The van der Waals surface area contributed by atoms with Crippen LogP contribution in [-0.4, -0.2) is 66.2 Å². The second-order valence-electron chi connectivity index (χ2n) is 7.60. The minimum absolute atomic E-state index is 0.363. The zero-order valence-corrected chi connectivity index (χ0v) is 14.5. The summed E-state index contributed by atoms with van der Waals surface area (Å²) >= 11 is 0. The van der Waals surface area contributed by atoms with Crippen molar-refractivity contribution in [3.63, 3.8) is 0 Å². The first kappa shape index (κ1) is 17.4. The Kier molecular flexibility index (Phi) is 4.18. The molecule has 1 N–H and O–H groups in total. The van der Waals surface area contributed by atoms with E-state index in [0.717, 1.165) is 25.5 Å². The van der Waals surface area contributed by atoms with E-state index in [-0.39, 0.29) is 0 Å². The smallest absolute Gasteiger partial charge is 0.339 e. The van der Waals surface area contributed by atoms with Crippen LogP contribution in [0.25, 0.3) is 0 Å². The lowest BCUT2D eigenvalue weighted by Crippen LogP contribution is -2.77. The molecule has 4 fully saturated rings. The van der Waals surface area contributed by atoms with Crippen LogP contribution in [0.2, 0.25) is 0 Å². The van der Waals surface area contributed by atoms with E-state index < -0.39 is 28.4 Å². The molecule has 4 rings (SSSR count). The van der Waals surface area contributed by atoms with Crippen molar-refractivity contribution in [2.24, 2.45) is 0 Å². The molecule has 0 aliphatic carbocycles. The number of carbonyl (C=O) groups excluding carboxylic acids is 1. The van der Waals surface area contributed by atoms with Crippen molar-refractivity contribution in [3.8, 4) is 0 Å². The topological polar surface area (TPSA) is 91.3 Å². The number of aldehydes is 1. The van der Waals surface area contributed by atoms with Gasteiger partial charge in [0.05, 0.1) is 0 Å². The van der Waals surface area contributed by atoms with Gasteiger partial charge < -0.3 is 28.8 Å². The SMILES string of the molecule is O=C[C@@]1([C@]2([C@]3([C@@]4(C(=O)O)CCCO4)CCCO3)CCCO2)CCCO1. The summed E-state index contributed by atoms with van der Waals surface area (Å²) in [5.41, 5.74) is -4.97. The number of carboxylic acids is 1. The third-order valence-electron chi connectivity index (χ3n) is 6.64. The van der Waals surface area contributed by atoms with E-state index in [2.05, 4.69) is 0 Å². The summed E-state index contributed by atoms with van der Waals surface area (Å²) in [7, 11) is 0. The maximum atomic E-state index is 12.4. The molecule has 7 nitrogen and oxygen atoms in total. The number of aliphatic carboxylic acids is 1. The van der Waals surface area contributed by atoms with Crippen LogP contribution in [0.4, 0.5) is 0 Å². The summed E-state index contributed by atoms with van der Waals surface area (Å²) in [6.45, 7) is 1.77. The molecule has 25 heavy (non-hydrogen) atoms. The highest BCUT2D eigenvalue weighted by Crippen LogP contribution is 2.60. The largest absolute Gasteiger partial charge is 0.479 e. The predicted octanol–water partition coefficient (Wildman–Crippen LogP) is 1.47. The van der Waals surface area contributed by atoms with Gasteiger partial charge in [-0.25, -0.2) is 4.79 Å². The van der Waals surface area contributed by atoms with Crippen LogP contribution in [-0.2, 0) is 28.5 Å². The molecule has 4 heterocycles. The first-order valence-electron chi connectivity index (χ1n) is 9.34. The molecule has 0 radical (unpaired) electrons. The maximum Gasteiger partial charge on any atom is 0.339 e. The van der Waals surface area contributed by atoms with Gasteiger partial charge in [-0.1, -0.05) is 0 Å². The van der Waals surface area contributed by atoms with E-state index in [4.69, 9.17) is 18.9 Å². The van der Waals surface area contributed by atoms with Gasteiger partial charge >= 0.3 is 5.97 Å². The van der Waals surface area contributed by atoms with Crippen molar-refractivity contribution < 1.29 is 33.6 Å². The third-order valence-corrected chi connectivity index (χ3v) is 6.64. The van der Waals surface area contributed by atoms with Crippen molar-refractivity contribution in [3.05, 3.63) is 0 Å². The Morgan fingerprint density at radius 2 is 1.32 bits per heavy atom. The Bertz CT molecular complexity index is 534. The normalized spacial score (nSPS) is 47.4. The van der Waals surface area contributed by atoms with Gasteiger partial charge in [-0.3, -0.25) is 0 Å². The summed E-state index contributed by atoms with van der Waals surface area (Å²) in [5, 5.41) is 10.2. The average molecular weight is 354 g/mol. The van der Waals surface area contributed by atoms with Gasteiger partial charge in [0.15, 0.2) is 17.5 Å². The Balaban J connectivity index is 1.91. The van der Waals surface area contributed by atoms with Gasteiger partial charge in [-0.05, 0) is 51.4 Å². The van der Waals surface area contributed by atoms with E-state index in [1.807, 2.05) is 0 Å². The summed E-state index contributed by atoms with van der Waals surface area (Å²) < 4.78 is 24.4. The fourth-order valence-corrected chi connectivity index (χ4v) is 5.70. The molecular formula is C18H26O7. The molecule has 0 unspecified atom stereocenters. The van der Waals surface area contributed by atoms with Crippen molar-refractivity contribution in [2.75, 3.05) is 26.4 Å². The van der Waals surface area contributed by atoms with Crippen LogP contribution >= 0.6 is 0 Å². The predicted molar refractivity (Wildman–Crippen MR) is 85.4 cm³/mol. The first-order valence-corrected chi connectivity index (χ1v) is 9.34. The van der Waals surface area contributed by atoms with Crippen LogP contribution in [0.1, 0.15) is 51.4 Å².